The Bertz CT molecular complexity index is 313. The van der Waals surface area contributed by atoms with Crippen LogP contribution in [0.3, 0.4) is 0 Å². The second-order valence-electron chi connectivity index (χ2n) is 5.27. The van der Waals surface area contributed by atoms with E-state index in [0.29, 0.717) is 13.0 Å². The van der Waals surface area contributed by atoms with Gasteiger partial charge in [0.2, 0.25) is 11.8 Å². The molecule has 0 saturated carbocycles. The quantitative estimate of drug-likeness (QED) is 0.788. The molecular weight excluding hydrogens is 230 g/mol. The van der Waals surface area contributed by atoms with E-state index in [0.717, 1.165) is 45.3 Å². The Kier molecular flexibility index (Phi) is 4.58. The summed E-state index contributed by atoms with van der Waals surface area (Å²) in [5.41, 5.74) is 5.73. The first-order valence-electron chi connectivity index (χ1n) is 7.00. The van der Waals surface area contributed by atoms with Crippen LogP contribution >= 0.6 is 0 Å². The van der Waals surface area contributed by atoms with Crippen LogP contribution in [0.15, 0.2) is 0 Å². The van der Waals surface area contributed by atoms with Crippen LogP contribution in [-0.4, -0.2) is 53.8 Å². The molecular formula is C13H23N3O2. The highest BCUT2D eigenvalue weighted by Gasteiger charge is 2.26. The van der Waals surface area contributed by atoms with Crippen LogP contribution in [0.5, 0.6) is 0 Å². The monoisotopic (exact) mass is 253 g/mol. The van der Waals surface area contributed by atoms with E-state index in [4.69, 9.17) is 5.73 Å². The van der Waals surface area contributed by atoms with Crippen LogP contribution < -0.4 is 5.73 Å². The van der Waals surface area contributed by atoms with E-state index in [-0.39, 0.29) is 17.9 Å². The summed E-state index contributed by atoms with van der Waals surface area (Å²) >= 11 is 0. The average molecular weight is 253 g/mol. The maximum absolute atomic E-state index is 12.0. The number of piperidine rings is 2. The van der Waals surface area contributed by atoms with Crippen molar-refractivity contribution in [3.63, 3.8) is 0 Å². The molecule has 2 saturated heterocycles. The first-order valence-corrected chi connectivity index (χ1v) is 7.00. The van der Waals surface area contributed by atoms with Gasteiger partial charge in [-0.25, -0.2) is 0 Å². The molecule has 0 spiro atoms. The highest BCUT2D eigenvalue weighted by Crippen LogP contribution is 2.13. The molecule has 102 valence electrons. The first kappa shape index (κ1) is 13.3. The molecule has 2 N–H and O–H groups in total. The largest absolute Gasteiger partial charge is 0.343 e. The number of amides is 2. The fourth-order valence-electron chi connectivity index (χ4n) is 2.72. The van der Waals surface area contributed by atoms with Crippen molar-refractivity contribution in [2.75, 3.05) is 26.2 Å². The Labute approximate surface area is 108 Å². The third kappa shape index (κ3) is 3.22. The van der Waals surface area contributed by atoms with Crippen molar-refractivity contribution in [1.82, 2.24) is 9.80 Å². The maximum Gasteiger partial charge on any atom is 0.239 e. The molecule has 1 atom stereocenters. The molecule has 2 fully saturated rings. The summed E-state index contributed by atoms with van der Waals surface area (Å²) in [7, 11) is 0. The van der Waals surface area contributed by atoms with E-state index >= 15 is 0 Å². The van der Waals surface area contributed by atoms with Crippen LogP contribution in [-0.2, 0) is 9.59 Å². The van der Waals surface area contributed by atoms with Gasteiger partial charge in [-0.1, -0.05) is 0 Å². The van der Waals surface area contributed by atoms with Gasteiger partial charge in [0.25, 0.3) is 0 Å². The van der Waals surface area contributed by atoms with Gasteiger partial charge >= 0.3 is 0 Å². The molecule has 0 bridgehead atoms. The van der Waals surface area contributed by atoms with Crippen LogP contribution in [0, 0.1) is 0 Å². The zero-order valence-electron chi connectivity index (χ0n) is 10.9. The molecule has 1 unspecified atom stereocenters. The van der Waals surface area contributed by atoms with Gasteiger partial charge in [0.15, 0.2) is 0 Å². The van der Waals surface area contributed by atoms with E-state index in [1.165, 1.54) is 6.42 Å². The Hall–Kier alpha value is -1.10. The van der Waals surface area contributed by atoms with Crippen molar-refractivity contribution in [2.45, 2.75) is 44.6 Å². The van der Waals surface area contributed by atoms with Crippen molar-refractivity contribution in [1.29, 1.82) is 0 Å². The lowest BCUT2D eigenvalue weighted by atomic mass is 10.1. The number of nitrogens with two attached hydrogens (primary N) is 1. The van der Waals surface area contributed by atoms with Gasteiger partial charge in [-0.2, -0.15) is 0 Å². The standard InChI is InChI=1S/C13H23N3O2/c14-11-5-4-9-16(13(11)18)10-6-12(17)15-7-2-1-3-8-15/h11H,1-10,14H2. The topological polar surface area (TPSA) is 66.6 Å². The predicted molar refractivity (Wildman–Crippen MR) is 68.8 cm³/mol. The lowest BCUT2D eigenvalue weighted by Crippen LogP contribution is -2.49. The van der Waals surface area contributed by atoms with Gasteiger partial charge in [0.05, 0.1) is 6.04 Å². The summed E-state index contributed by atoms with van der Waals surface area (Å²) in [5.74, 6) is 0.189. The van der Waals surface area contributed by atoms with Gasteiger partial charge in [0.1, 0.15) is 0 Å². The number of carbonyl (C=O) groups excluding carboxylic acids is 2. The smallest absolute Gasteiger partial charge is 0.239 e. The number of hydrogen-bond donors (Lipinski definition) is 1. The van der Waals surface area contributed by atoms with Gasteiger partial charge < -0.3 is 15.5 Å². The fraction of sp³-hybridized carbons (Fsp3) is 0.846. The molecule has 2 heterocycles. The fourth-order valence-corrected chi connectivity index (χ4v) is 2.72. The van der Waals surface area contributed by atoms with E-state index in [1.807, 2.05) is 4.90 Å². The van der Waals surface area contributed by atoms with Gasteiger partial charge in [-0.05, 0) is 32.1 Å². The second-order valence-corrected chi connectivity index (χ2v) is 5.27. The first-order chi connectivity index (χ1) is 8.68. The Morgan fingerprint density at radius 1 is 1.17 bits per heavy atom. The molecule has 0 radical (unpaired) electrons. The number of likely N-dealkylation sites (tertiary alicyclic amines) is 2. The van der Waals surface area contributed by atoms with E-state index in [9.17, 15) is 9.59 Å². The molecule has 2 rings (SSSR count). The zero-order chi connectivity index (χ0) is 13.0. The van der Waals surface area contributed by atoms with Crippen molar-refractivity contribution in [3.8, 4) is 0 Å². The zero-order valence-corrected chi connectivity index (χ0v) is 10.9. The minimum Gasteiger partial charge on any atom is -0.343 e. The van der Waals surface area contributed by atoms with Crippen LogP contribution in [0.2, 0.25) is 0 Å². The molecule has 0 aromatic rings. The second kappa shape index (κ2) is 6.18. The van der Waals surface area contributed by atoms with Gasteiger partial charge in [-0.15, -0.1) is 0 Å². The number of carbonyl (C=O) groups is 2. The Morgan fingerprint density at radius 2 is 1.89 bits per heavy atom. The molecule has 5 heteroatoms. The van der Waals surface area contributed by atoms with Crippen molar-refractivity contribution in [3.05, 3.63) is 0 Å². The third-order valence-electron chi connectivity index (χ3n) is 3.88. The molecule has 2 amide bonds. The van der Waals surface area contributed by atoms with Crippen molar-refractivity contribution in [2.24, 2.45) is 5.73 Å². The normalized spacial score (nSPS) is 25.4. The van der Waals surface area contributed by atoms with E-state index < -0.39 is 0 Å². The van der Waals surface area contributed by atoms with Crippen LogP contribution in [0.1, 0.15) is 38.5 Å². The Morgan fingerprint density at radius 3 is 2.61 bits per heavy atom. The lowest BCUT2D eigenvalue weighted by Gasteiger charge is -2.32. The highest BCUT2D eigenvalue weighted by atomic mass is 16.2. The average Bonchev–Trinajstić information content (AvgIpc) is 2.41. The summed E-state index contributed by atoms with van der Waals surface area (Å²) in [6.07, 6.45) is 5.61. The predicted octanol–water partition coefficient (Wildman–Crippen LogP) is 0.339. The summed E-state index contributed by atoms with van der Waals surface area (Å²) in [4.78, 5) is 27.5. The molecule has 0 aromatic carbocycles. The summed E-state index contributed by atoms with van der Waals surface area (Å²) in [5, 5.41) is 0. The third-order valence-corrected chi connectivity index (χ3v) is 3.88. The van der Waals surface area contributed by atoms with Gasteiger partial charge in [0, 0.05) is 32.6 Å². The molecule has 2 aliphatic rings. The molecule has 2 aliphatic heterocycles. The molecule has 0 aliphatic carbocycles. The number of rotatable bonds is 3. The molecule has 5 nitrogen and oxygen atoms in total. The minimum absolute atomic E-state index is 0.00712. The molecule has 0 aromatic heterocycles. The summed E-state index contributed by atoms with van der Waals surface area (Å²) < 4.78 is 0. The Balaban J connectivity index is 1.76. The lowest BCUT2D eigenvalue weighted by molar-refractivity contribution is -0.137. The van der Waals surface area contributed by atoms with Crippen LogP contribution in [0.25, 0.3) is 0 Å². The SMILES string of the molecule is NC1CCCN(CCC(=O)N2CCCCC2)C1=O. The molecule has 18 heavy (non-hydrogen) atoms. The highest BCUT2D eigenvalue weighted by molar-refractivity contribution is 5.83. The van der Waals surface area contributed by atoms with E-state index in [2.05, 4.69) is 0 Å². The number of hydrogen-bond acceptors (Lipinski definition) is 3. The van der Waals surface area contributed by atoms with Gasteiger partial charge in [-0.3, -0.25) is 9.59 Å². The summed E-state index contributed by atoms with van der Waals surface area (Å²) in [6, 6.07) is -0.358. The summed E-state index contributed by atoms with van der Waals surface area (Å²) in [6.45, 7) is 3.04. The van der Waals surface area contributed by atoms with Crippen molar-refractivity contribution < 1.29 is 9.59 Å². The maximum atomic E-state index is 12.0. The number of nitrogens with zero attached hydrogens (tertiary/aromatic N) is 2. The van der Waals surface area contributed by atoms with E-state index in [1.54, 1.807) is 4.90 Å². The van der Waals surface area contributed by atoms with Crippen LogP contribution in [0.4, 0.5) is 0 Å². The minimum atomic E-state index is -0.358. The van der Waals surface area contributed by atoms with Crippen molar-refractivity contribution >= 4 is 11.8 Å².